The number of hydrogen-bond donors (Lipinski definition) is 1. The molecule has 1 atom stereocenters. The first-order valence-corrected chi connectivity index (χ1v) is 8.42. The van der Waals surface area contributed by atoms with E-state index in [4.69, 9.17) is 0 Å². The zero-order valence-corrected chi connectivity index (χ0v) is 13.6. The fraction of sp³-hybridized carbons (Fsp3) is 0.526. The molecule has 1 unspecified atom stereocenters. The van der Waals surface area contributed by atoms with Crippen LogP contribution in [-0.2, 0) is 11.2 Å². The lowest BCUT2D eigenvalue weighted by Gasteiger charge is -2.36. The summed E-state index contributed by atoms with van der Waals surface area (Å²) in [6.45, 7) is 4.02. The summed E-state index contributed by atoms with van der Waals surface area (Å²) in [7, 11) is 0. The number of carbonyl (C=O) groups excluding carboxylic acids is 1. The minimum absolute atomic E-state index is 0.0939. The second kappa shape index (κ2) is 5.73. The molecule has 1 aromatic rings. The molecule has 0 bridgehead atoms. The van der Waals surface area contributed by atoms with Crippen LogP contribution in [0.25, 0.3) is 5.57 Å². The molecule has 0 heterocycles. The van der Waals surface area contributed by atoms with Crippen LogP contribution in [0.1, 0.15) is 63.5 Å². The fourth-order valence-corrected chi connectivity index (χ4v) is 4.32. The molecule has 0 radical (unpaired) electrons. The van der Waals surface area contributed by atoms with E-state index in [1.54, 1.807) is 0 Å². The van der Waals surface area contributed by atoms with E-state index in [0.717, 1.165) is 30.4 Å². The number of aromatic hydroxyl groups is 1. The lowest BCUT2D eigenvalue weighted by molar-refractivity contribution is -0.116. The Hall–Kier alpha value is -1.71. The van der Waals surface area contributed by atoms with Crippen LogP contribution in [0.2, 0.25) is 0 Å². The average Bonchev–Trinajstić information content (AvgIpc) is 2.86. The zero-order chi connectivity index (χ0) is 16.8. The van der Waals surface area contributed by atoms with Gasteiger partial charge in [0.2, 0.25) is 0 Å². The van der Waals surface area contributed by atoms with E-state index in [-0.39, 0.29) is 11.2 Å². The van der Waals surface area contributed by atoms with Crippen LogP contribution in [0.4, 0.5) is 8.78 Å². The Kier molecular flexibility index (Phi) is 4.03. The highest BCUT2D eigenvalue weighted by atomic mass is 19.1. The third-order valence-corrected chi connectivity index (χ3v) is 5.44. The number of hydrogen-bond acceptors (Lipinski definition) is 2. The minimum Gasteiger partial charge on any atom is -0.503 e. The van der Waals surface area contributed by atoms with Gasteiger partial charge in [0.15, 0.2) is 23.2 Å². The summed E-state index contributed by atoms with van der Waals surface area (Å²) in [5, 5.41) is 9.61. The highest BCUT2D eigenvalue weighted by Gasteiger charge is 2.47. The third kappa shape index (κ3) is 2.30. The molecular weight excluding hydrogens is 298 g/mol. The first-order valence-electron chi connectivity index (χ1n) is 8.42. The third-order valence-electron chi connectivity index (χ3n) is 5.44. The van der Waals surface area contributed by atoms with Gasteiger partial charge in [-0.25, -0.2) is 8.78 Å². The maximum atomic E-state index is 14.4. The zero-order valence-electron chi connectivity index (χ0n) is 13.6. The van der Waals surface area contributed by atoms with Crippen molar-refractivity contribution in [3.05, 3.63) is 34.4 Å². The number of phenolic OH excluding ortho intramolecular Hbond substituents is 1. The van der Waals surface area contributed by atoms with Crippen molar-refractivity contribution in [2.75, 3.05) is 0 Å². The second-order valence-corrected chi connectivity index (χ2v) is 6.74. The monoisotopic (exact) mass is 320 g/mol. The number of benzene rings is 1. The average molecular weight is 320 g/mol. The summed E-state index contributed by atoms with van der Waals surface area (Å²) < 4.78 is 28.3. The van der Waals surface area contributed by atoms with Crippen molar-refractivity contribution >= 4 is 11.4 Å². The van der Waals surface area contributed by atoms with Crippen molar-refractivity contribution in [2.45, 2.75) is 58.8 Å². The Morgan fingerprint density at radius 2 is 2.04 bits per heavy atom. The van der Waals surface area contributed by atoms with Crippen LogP contribution < -0.4 is 0 Å². The summed E-state index contributed by atoms with van der Waals surface area (Å²) in [6.07, 6.45) is 5.05. The molecule has 2 aliphatic carbocycles. The van der Waals surface area contributed by atoms with Crippen molar-refractivity contribution in [3.8, 4) is 5.75 Å². The number of rotatable bonds is 4. The highest BCUT2D eigenvalue weighted by molar-refractivity contribution is 6.06. The predicted molar refractivity (Wildman–Crippen MR) is 85.1 cm³/mol. The van der Waals surface area contributed by atoms with Crippen molar-refractivity contribution in [1.82, 2.24) is 0 Å². The molecule has 0 amide bonds. The molecule has 0 aliphatic heterocycles. The quantitative estimate of drug-likeness (QED) is 0.854. The number of carbonyl (C=O) groups is 1. The van der Waals surface area contributed by atoms with E-state index < -0.39 is 17.4 Å². The van der Waals surface area contributed by atoms with Gasteiger partial charge in [-0.15, -0.1) is 0 Å². The highest BCUT2D eigenvalue weighted by Crippen LogP contribution is 2.58. The van der Waals surface area contributed by atoms with E-state index >= 15 is 0 Å². The Labute approximate surface area is 135 Å². The summed E-state index contributed by atoms with van der Waals surface area (Å²) in [5.41, 5.74) is 2.15. The van der Waals surface area contributed by atoms with Gasteiger partial charge in [0.05, 0.1) is 0 Å². The molecule has 2 aliphatic rings. The molecular formula is C19H22F2O2. The lowest BCUT2D eigenvalue weighted by Crippen LogP contribution is -2.28. The first-order chi connectivity index (χ1) is 10.9. The van der Waals surface area contributed by atoms with E-state index in [0.29, 0.717) is 36.8 Å². The van der Waals surface area contributed by atoms with Crippen LogP contribution >= 0.6 is 0 Å². The SMILES string of the molecule is CCCCC12CCC(=O)C(CC)=C1c1cc(F)c(O)c(F)c1C2. The maximum absolute atomic E-state index is 14.4. The number of ketones is 1. The Morgan fingerprint density at radius 3 is 2.70 bits per heavy atom. The van der Waals surface area contributed by atoms with Crippen LogP contribution in [-0.4, -0.2) is 10.9 Å². The molecule has 0 saturated carbocycles. The molecule has 2 nitrogen and oxygen atoms in total. The Bertz CT molecular complexity index is 706. The van der Waals surface area contributed by atoms with Gasteiger partial charge in [-0.1, -0.05) is 26.7 Å². The van der Waals surface area contributed by atoms with E-state index in [2.05, 4.69) is 6.92 Å². The molecule has 124 valence electrons. The molecule has 3 rings (SSSR count). The van der Waals surface area contributed by atoms with E-state index in [1.807, 2.05) is 6.92 Å². The summed E-state index contributed by atoms with van der Waals surface area (Å²) in [4.78, 5) is 12.3. The number of phenols is 1. The number of unbranched alkanes of at least 4 members (excludes halogenated alkanes) is 1. The van der Waals surface area contributed by atoms with Gasteiger partial charge >= 0.3 is 0 Å². The molecule has 23 heavy (non-hydrogen) atoms. The van der Waals surface area contributed by atoms with E-state index in [9.17, 15) is 18.7 Å². The van der Waals surface area contributed by atoms with Crippen LogP contribution in [0.5, 0.6) is 5.75 Å². The maximum Gasteiger partial charge on any atom is 0.188 e. The van der Waals surface area contributed by atoms with Gasteiger partial charge in [-0.05, 0) is 48.5 Å². The van der Waals surface area contributed by atoms with Crippen LogP contribution in [0.3, 0.4) is 0 Å². The Balaban J connectivity index is 2.26. The van der Waals surface area contributed by atoms with Gasteiger partial charge in [-0.2, -0.15) is 0 Å². The second-order valence-electron chi connectivity index (χ2n) is 6.74. The van der Waals surface area contributed by atoms with Gasteiger partial charge in [0.25, 0.3) is 0 Å². The van der Waals surface area contributed by atoms with Gasteiger partial charge in [0, 0.05) is 17.4 Å². The number of halogens is 2. The molecule has 0 saturated heterocycles. The van der Waals surface area contributed by atoms with Crippen LogP contribution in [0.15, 0.2) is 11.6 Å². The lowest BCUT2D eigenvalue weighted by atomic mass is 9.67. The molecule has 1 N–H and O–H groups in total. The Morgan fingerprint density at radius 1 is 1.30 bits per heavy atom. The molecule has 0 spiro atoms. The van der Waals surface area contributed by atoms with Crippen LogP contribution in [0, 0.1) is 17.0 Å². The minimum atomic E-state index is -0.950. The number of fused-ring (bicyclic) bond motifs is 3. The number of allylic oxidation sites excluding steroid dienone is 2. The summed E-state index contributed by atoms with van der Waals surface area (Å²) in [5.74, 6) is -2.62. The summed E-state index contributed by atoms with van der Waals surface area (Å²) in [6, 6.07) is 1.21. The van der Waals surface area contributed by atoms with Crippen molar-refractivity contribution in [2.24, 2.45) is 5.41 Å². The first kappa shape index (κ1) is 16.2. The van der Waals surface area contributed by atoms with Gasteiger partial charge < -0.3 is 5.11 Å². The normalized spacial score (nSPS) is 23.2. The number of Topliss-reactive ketones (excluding diaryl/α,β-unsaturated/α-hetero) is 1. The van der Waals surface area contributed by atoms with Crippen molar-refractivity contribution in [3.63, 3.8) is 0 Å². The van der Waals surface area contributed by atoms with Gasteiger partial charge in [-0.3, -0.25) is 4.79 Å². The summed E-state index contributed by atoms with van der Waals surface area (Å²) >= 11 is 0. The molecule has 0 fully saturated rings. The molecule has 4 heteroatoms. The van der Waals surface area contributed by atoms with E-state index in [1.165, 1.54) is 6.07 Å². The molecule has 1 aromatic carbocycles. The molecule has 0 aromatic heterocycles. The van der Waals surface area contributed by atoms with Gasteiger partial charge in [0.1, 0.15) is 0 Å². The topological polar surface area (TPSA) is 37.3 Å². The standard InChI is InChI=1S/C19H22F2O2/c1-3-5-7-19-8-6-15(22)11(4-2)16(19)12-9-14(20)18(23)17(21)13(12)10-19/h9,23H,3-8,10H2,1-2H3. The van der Waals surface area contributed by atoms with Crippen molar-refractivity contribution in [1.29, 1.82) is 0 Å². The predicted octanol–water partition coefficient (Wildman–Crippen LogP) is 4.93. The van der Waals surface area contributed by atoms with Crippen molar-refractivity contribution < 1.29 is 18.7 Å². The smallest absolute Gasteiger partial charge is 0.188 e. The fourth-order valence-electron chi connectivity index (χ4n) is 4.32. The largest absolute Gasteiger partial charge is 0.503 e.